The molecule has 4 aromatic rings. The molecule has 0 fully saturated rings. The second-order valence-electron chi connectivity index (χ2n) is 8.58. The first-order valence-electron chi connectivity index (χ1n) is 12.5. The summed E-state index contributed by atoms with van der Waals surface area (Å²) in [6, 6.07) is 22.1. The van der Waals surface area contributed by atoms with Crippen LogP contribution in [0.3, 0.4) is 0 Å². The van der Waals surface area contributed by atoms with Crippen LogP contribution in [-0.4, -0.2) is 22.8 Å². The first-order chi connectivity index (χ1) is 17.6. The van der Waals surface area contributed by atoms with Crippen LogP contribution in [0.4, 0.5) is 0 Å². The SMILES string of the molecule is C=CC(=O)Oc1ccccc1/C(=C(\CC)c1ccc(OCCCCC)cc1)c1ccc2[nH]ncc2c1. The maximum absolute atomic E-state index is 12.1. The molecule has 1 N–H and O–H groups in total. The van der Waals surface area contributed by atoms with Crippen LogP contribution < -0.4 is 9.47 Å². The minimum absolute atomic E-state index is 0.491. The van der Waals surface area contributed by atoms with Gasteiger partial charge in [0.25, 0.3) is 0 Å². The number of allylic oxidation sites excluding steroid dienone is 1. The second-order valence-corrected chi connectivity index (χ2v) is 8.58. The van der Waals surface area contributed by atoms with Gasteiger partial charge in [-0.2, -0.15) is 5.10 Å². The standard InChI is InChI=1S/C31H32N2O3/c1-4-7-10-19-35-25-16-13-22(14-17-25)26(5-2)31(23-15-18-28-24(20-23)21-32-33-28)27-11-8-9-12-29(27)36-30(34)6-3/h6,8-9,11-18,20-21H,3-5,7,10,19H2,1-2H3,(H,32,33)/b31-26+. The second kappa shape index (κ2) is 12.0. The highest BCUT2D eigenvalue weighted by molar-refractivity contribution is 6.02. The number of rotatable bonds is 11. The van der Waals surface area contributed by atoms with Crippen LogP contribution in [0.1, 0.15) is 56.2 Å². The van der Waals surface area contributed by atoms with Gasteiger partial charge in [0.15, 0.2) is 0 Å². The average molecular weight is 481 g/mol. The fourth-order valence-electron chi connectivity index (χ4n) is 4.32. The third kappa shape index (κ3) is 5.74. The summed E-state index contributed by atoms with van der Waals surface area (Å²) in [6.07, 6.45) is 7.16. The Labute approximate surface area is 212 Å². The molecule has 0 aliphatic heterocycles. The molecule has 36 heavy (non-hydrogen) atoms. The lowest BCUT2D eigenvalue weighted by Gasteiger charge is -2.19. The van der Waals surface area contributed by atoms with Gasteiger partial charge < -0.3 is 9.47 Å². The molecule has 0 radical (unpaired) electrons. The minimum atomic E-state index is -0.491. The summed E-state index contributed by atoms with van der Waals surface area (Å²) < 4.78 is 11.6. The van der Waals surface area contributed by atoms with Crippen molar-refractivity contribution in [1.82, 2.24) is 10.2 Å². The third-order valence-electron chi connectivity index (χ3n) is 6.14. The Hall–Kier alpha value is -4.12. The molecule has 0 aliphatic carbocycles. The first-order valence-corrected chi connectivity index (χ1v) is 12.5. The first kappa shape index (κ1) is 25.0. The zero-order valence-corrected chi connectivity index (χ0v) is 20.9. The Balaban J connectivity index is 1.83. The molecule has 0 atom stereocenters. The van der Waals surface area contributed by atoms with Crippen LogP contribution in [0.5, 0.6) is 11.5 Å². The van der Waals surface area contributed by atoms with Gasteiger partial charge in [0.1, 0.15) is 11.5 Å². The maximum Gasteiger partial charge on any atom is 0.335 e. The molecule has 0 unspecified atom stereocenters. The number of carbonyl (C=O) groups excluding carboxylic acids is 1. The number of aromatic nitrogens is 2. The number of fused-ring (bicyclic) bond motifs is 1. The van der Waals surface area contributed by atoms with Gasteiger partial charge in [0, 0.05) is 17.0 Å². The molecular formula is C31H32N2O3. The molecule has 0 aliphatic rings. The molecule has 0 amide bonds. The predicted molar refractivity (Wildman–Crippen MR) is 146 cm³/mol. The molecule has 5 heteroatoms. The number of unbranched alkanes of at least 4 members (excludes halogenated alkanes) is 2. The lowest BCUT2D eigenvalue weighted by molar-refractivity contribution is -0.128. The Bertz CT molecular complexity index is 1370. The number of para-hydroxylation sites is 1. The van der Waals surface area contributed by atoms with Crippen molar-refractivity contribution in [2.45, 2.75) is 39.5 Å². The van der Waals surface area contributed by atoms with Crippen LogP contribution in [0.2, 0.25) is 0 Å². The summed E-state index contributed by atoms with van der Waals surface area (Å²) in [5.74, 6) is 0.869. The lowest BCUT2D eigenvalue weighted by Crippen LogP contribution is -2.06. The van der Waals surface area contributed by atoms with E-state index in [4.69, 9.17) is 9.47 Å². The average Bonchev–Trinajstić information content (AvgIpc) is 3.39. The highest BCUT2D eigenvalue weighted by Crippen LogP contribution is 2.39. The number of esters is 1. The summed E-state index contributed by atoms with van der Waals surface area (Å²) in [4.78, 5) is 12.1. The van der Waals surface area contributed by atoms with E-state index in [0.717, 1.165) is 63.9 Å². The topological polar surface area (TPSA) is 64.2 Å². The van der Waals surface area contributed by atoms with Crippen LogP contribution in [-0.2, 0) is 4.79 Å². The van der Waals surface area contributed by atoms with E-state index >= 15 is 0 Å². The summed E-state index contributed by atoms with van der Waals surface area (Å²) in [5, 5.41) is 8.20. The Kier molecular flexibility index (Phi) is 8.35. The molecule has 1 heterocycles. The zero-order valence-electron chi connectivity index (χ0n) is 20.9. The lowest BCUT2D eigenvalue weighted by atomic mass is 9.87. The molecule has 3 aromatic carbocycles. The van der Waals surface area contributed by atoms with Crippen LogP contribution >= 0.6 is 0 Å². The summed E-state index contributed by atoms with van der Waals surface area (Å²) in [6.45, 7) is 8.60. The number of hydrogen-bond acceptors (Lipinski definition) is 4. The van der Waals surface area contributed by atoms with Gasteiger partial charge in [0.05, 0.1) is 18.3 Å². The van der Waals surface area contributed by atoms with E-state index in [1.54, 1.807) is 0 Å². The van der Waals surface area contributed by atoms with Crippen molar-refractivity contribution < 1.29 is 14.3 Å². The Morgan fingerprint density at radius 3 is 2.53 bits per heavy atom. The number of benzene rings is 3. The van der Waals surface area contributed by atoms with Crippen LogP contribution in [0.25, 0.3) is 22.0 Å². The number of ether oxygens (including phenoxy) is 2. The molecule has 0 saturated carbocycles. The summed E-state index contributed by atoms with van der Waals surface area (Å²) in [5.41, 5.74) is 6.05. The highest BCUT2D eigenvalue weighted by atomic mass is 16.5. The smallest absolute Gasteiger partial charge is 0.335 e. The van der Waals surface area contributed by atoms with Gasteiger partial charge in [-0.1, -0.05) is 69.7 Å². The molecule has 1 aromatic heterocycles. The fraction of sp³-hybridized carbons (Fsp3) is 0.226. The van der Waals surface area contributed by atoms with E-state index in [2.05, 4.69) is 54.9 Å². The Morgan fingerprint density at radius 1 is 1.00 bits per heavy atom. The maximum atomic E-state index is 12.1. The van der Waals surface area contributed by atoms with Gasteiger partial charge >= 0.3 is 5.97 Å². The number of H-pyrrole nitrogens is 1. The van der Waals surface area contributed by atoms with Gasteiger partial charge in [-0.05, 0) is 65.4 Å². The minimum Gasteiger partial charge on any atom is -0.494 e. The van der Waals surface area contributed by atoms with Crippen LogP contribution in [0, 0.1) is 0 Å². The quantitative estimate of drug-likeness (QED) is 0.0789. The van der Waals surface area contributed by atoms with Crippen molar-refractivity contribution in [2.75, 3.05) is 6.61 Å². The Morgan fingerprint density at radius 2 is 1.78 bits per heavy atom. The van der Waals surface area contributed by atoms with Crippen molar-refractivity contribution in [3.05, 3.63) is 102 Å². The number of aromatic amines is 1. The molecule has 0 spiro atoms. The molecule has 0 saturated heterocycles. The van der Waals surface area contributed by atoms with Crippen LogP contribution in [0.15, 0.2) is 85.6 Å². The van der Waals surface area contributed by atoms with Crippen molar-refractivity contribution in [1.29, 1.82) is 0 Å². The molecule has 184 valence electrons. The van der Waals surface area contributed by atoms with Gasteiger partial charge in [-0.3, -0.25) is 5.10 Å². The van der Waals surface area contributed by atoms with E-state index in [9.17, 15) is 4.79 Å². The fourth-order valence-corrected chi connectivity index (χ4v) is 4.32. The number of nitrogens with zero attached hydrogens (tertiary/aromatic N) is 1. The predicted octanol–water partition coefficient (Wildman–Crippen LogP) is 7.59. The zero-order chi connectivity index (χ0) is 25.3. The largest absolute Gasteiger partial charge is 0.494 e. The van der Waals surface area contributed by atoms with E-state index in [-0.39, 0.29) is 0 Å². The van der Waals surface area contributed by atoms with Crippen molar-refractivity contribution in [2.24, 2.45) is 0 Å². The molecular weight excluding hydrogens is 448 g/mol. The number of nitrogens with one attached hydrogen (secondary N) is 1. The van der Waals surface area contributed by atoms with Gasteiger partial charge in [-0.15, -0.1) is 0 Å². The summed E-state index contributed by atoms with van der Waals surface area (Å²) >= 11 is 0. The van der Waals surface area contributed by atoms with E-state index in [0.29, 0.717) is 5.75 Å². The normalized spacial score (nSPS) is 11.7. The van der Waals surface area contributed by atoms with Crippen molar-refractivity contribution in [3.63, 3.8) is 0 Å². The summed E-state index contributed by atoms with van der Waals surface area (Å²) in [7, 11) is 0. The number of carbonyl (C=O) groups is 1. The third-order valence-corrected chi connectivity index (χ3v) is 6.14. The van der Waals surface area contributed by atoms with E-state index in [1.807, 2.05) is 48.7 Å². The van der Waals surface area contributed by atoms with Gasteiger partial charge in [-0.25, -0.2) is 4.79 Å². The number of hydrogen-bond donors (Lipinski definition) is 1. The van der Waals surface area contributed by atoms with Crippen molar-refractivity contribution >= 4 is 28.0 Å². The van der Waals surface area contributed by atoms with Gasteiger partial charge in [0.2, 0.25) is 0 Å². The molecule has 5 nitrogen and oxygen atoms in total. The molecule has 0 bridgehead atoms. The van der Waals surface area contributed by atoms with E-state index in [1.165, 1.54) is 18.9 Å². The monoisotopic (exact) mass is 480 g/mol. The molecule has 4 rings (SSSR count). The van der Waals surface area contributed by atoms with E-state index < -0.39 is 5.97 Å². The highest BCUT2D eigenvalue weighted by Gasteiger charge is 2.18. The van der Waals surface area contributed by atoms with Crippen molar-refractivity contribution in [3.8, 4) is 11.5 Å².